The summed E-state index contributed by atoms with van der Waals surface area (Å²) in [5, 5.41) is 2.41. The maximum atomic E-state index is 13.1. The predicted octanol–water partition coefficient (Wildman–Crippen LogP) is 1.86. The zero-order valence-electron chi connectivity index (χ0n) is 12.5. The van der Waals surface area contributed by atoms with Gasteiger partial charge in [0.15, 0.2) is 5.60 Å². The molecule has 1 aliphatic rings. The van der Waals surface area contributed by atoms with Crippen LogP contribution in [0.15, 0.2) is 18.3 Å². The number of halogens is 3. The standard InChI is InChI=1S/C14H16F3N3O3/c1-7-5-10(23-13(7,2)14(15,16)17)12(22)20-8-3-4-19-9(6-8)11(18)21/h3-4,6-7,10H,5H2,1-2H3,(H2,18,21)(H,19,20,22)/t7-,10?,13+/m1/s1. The van der Waals surface area contributed by atoms with Gasteiger partial charge in [-0.1, -0.05) is 6.92 Å². The number of hydrogen-bond donors (Lipinski definition) is 2. The molecule has 0 saturated carbocycles. The number of nitrogens with two attached hydrogens (primary N) is 1. The van der Waals surface area contributed by atoms with Gasteiger partial charge in [0.25, 0.3) is 11.8 Å². The van der Waals surface area contributed by atoms with Crippen molar-refractivity contribution in [1.29, 1.82) is 0 Å². The molecule has 3 N–H and O–H groups in total. The van der Waals surface area contributed by atoms with Gasteiger partial charge < -0.3 is 15.8 Å². The molecule has 3 atom stereocenters. The summed E-state index contributed by atoms with van der Waals surface area (Å²) in [6, 6.07) is 2.63. The zero-order chi connectivity index (χ0) is 17.4. The highest BCUT2D eigenvalue weighted by Crippen LogP contribution is 2.46. The quantitative estimate of drug-likeness (QED) is 0.884. The molecule has 0 radical (unpaired) electrons. The van der Waals surface area contributed by atoms with Crippen LogP contribution in [-0.2, 0) is 9.53 Å². The maximum Gasteiger partial charge on any atom is 0.417 e. The fourth-order valence-corrected chi connectivity index (χ4v) is 2.38. The number of pyridine rings is 1. The van der Waals surface area contributed by atoms with Gasteiger partial charge in [-0.2, -0.15) is 13.2 Å². The van der Waals surface area contributed by atoms with Crippen molar-refractivity contribution in [3.63, 3.8) is 0 Å². The molecule has 2 amide bonds. The minimum absolute atomic E-state index is 0.0599. The molecule has 1 aromatic rings. The number of hydrogen-bond acceptors (Lipinski definition) is 4. The van der Waals surface area contributed by atoms with Crippen molar-refractivity contribution in [3.8, 4) is 0 Å². The van der Waals surface area contributed by atoms with Crippen LogP contribution in [0.4, 0.5) is 18.9 Å². The lowest BCUT2D eigenvalue weighted by Crippen LogP contribution is -2.47. The number of primary amides is 1. The number of amides is 2. The predicted molar refractivity (Wildman–Crippen MR) is 74.5 cm³/mol. The number of carbonyl (C=O) groups is 2. The van der Waals surface area contributed by atoms with E-state index in [2.05, 4.69) is 10.3 Å². The Hall–Kier alpha value is -2.16. The van der Waals surface area contributed by atoms with E-state index >= 15 is 0 Å². The third kappa shape index (κ3) is 3.29. The van der Waals surface area contributed by atoms with Gasteiger partial charge in [0.05, 0.1) is 0 Å². The SMILES string of the molecule is C[C@@H]1CC(C(=O)Nc2ccnc(C(N)=O)c2)O[C@]1(C)C(F)(F)F. The largest absolute Gasteiger partial charge is 0.417 e. The Kier molecular flexibility index (Phi) is 4.34. The highest BCUT2D eigenvalue weighted by molar-refractivity contribution is 5.96. The van der Waals surface area contributed by atoms with Crippen LogP contribution in [0.5, 0.6) is 0 Å². The van der Waals surface area contributed by atoms with Gasteiger partial charge in [0.2, 0.25) is 0 Å². The van der Waals surface area contributed by atoms with Gasteiger partial charge in [-0.05, 0) is 31.4 Å². The summed E-state index contributed by atoms with van der Waals surface area (Å²) in [6.45, 7) is 2.32. The van der Waals surface area contributed by atoms with E-state index in [-0.39, 0.29) is 17.8 Å². The molecule has 0 spiro atoms. The molecule has 1 aliphatic heterocycles. The van der Waals surface area contributed by atoms with Crippen molar-refractivity contribution in [2.45, 2.75) is 38.1 Å². The van der Waals surface area contributed by atoms with Crippen LogP contribution in [0, 0.1) is 5.92 Å². The molecule has 1 aromatic heterocycles. The smallest absolute Gasteiger partial charge is 0.364 e. The second-order valence-electron chi connectivity index (χ2n) is 5.63. The van der Waals surface area contributed by atoms with Gasteiger partial charge >= 0.3 is 6.18 Å². The number of nitrogens with zero attached hydrogens (tertiary/aromatic N) is 1. The third-order valence-electron chi connectivity index (χ3n) is 4.03. The normalized spacial score (nSPS) is 27.7. The number of carbonyl (C=O) groups excluding carboxylic acids is 2. The van der Waals surface area contributed by atoms with Crippen LogP contribution in [0.25, 0.3) is 0 Å². The summed E-state index contributed by atoms with van der Waals surface area (Å²) in [7, 11) is 0. The van der Waals surface area contributed by atoms with E-state index in [1.807, 2.05) is 0 Å². The minimum atomic E-state index is -4.57. The summed E-state index contributed by atoms with van der Waals surface area (Å²) in [4.78, 5) is 26.9. The molecule has 1 fully saturated rings. The summed E-state index contributed by atoms with van der Waals surface area (Å²) < 4.78 is 44.2. The van der Waals surface area contributed by atoms with Crippen LogP contribution >= 0.6 is 0 Å². The van der Waals surface area contributed by atoms with E-state index in [4.69, 9.17) is 10.5 Å². The molecule has 6 nitrogen and oxygen atoms in total. The topological polar surface area (TPSA) is 94.3 Å². The molecule has 0 aliphatic carbocycles. The van der Waals surface area contributed by atoms with Gasteiger partial charge in [-0.15, -0.1) is 0 Å². The Morgan fingerprint density at radius 1 is 1.48 bits per heavy atom. The van der Waals surface area contributed by atoms with E-state index in [0.717, 1.165) is 6.92 Å². The number of anilines is 1. The van der Waals surface area contributed by atoms with Crippen molar-refractivity contribution in [2.75, 3.05) is 5.32 Å². The summed E-state index contributed by atoms with van der Waals surface area (Å²) in [6.07, 6.45) is -4.61. The van der Waals surface area contributed by atoms with E-state index in [1.54, 1.807) is 0 Å². The Morgan fingerprint density at radius 3 is 2.65 bits per heavy atom. The summed E-state index contributed by atoms with van der Waals surface area (Å²) in [5.41, 5.74) is 2.84. The number of alkyl halides is 3. The second kappa shape index (κ2) is 5.80. The average molecular weight is 331 g/mol. The van der Waals surface area contributed by atoms with Gasteiger partial charge in [-0.25, -0.2) is 0 Å². The first-order chi connectivity index (χ1) is 10.5. The molecule has 0 aromatic carbocycles. The number of rotatable bonds is 3. The minimum Gasteiger partial charge on any atom is -0.364 e. The lowest BCUT2D eigenvalue weighted by atomic mass is 9.89. The monoisotopic (exact) mass is 331 g/mol. The lowest BCUT2D eigenvalue weighted by Gasteiger charge is -2.30. The Morgan fingerprint density at radius 2 is 2.13 bits per heavy atom. The van der Waals surface area contributed by atoms with Gasteiger partial charge in [-0.3, -0.25) is 14.6 Å². The molecule has 126 valence electrons. The summed E-state index contributed by atoms with van der Waals surface area (Å²) in [5.74, 6) is -2.36. The molecule has 1 saturated heterocycles. The van der Waals surface area contributed by atoms with Crippen LogP contribution in [0.2, 0.25) is 0 Å². The summed E-state index contributed by atoms with van der Waals surface area (Å²) >= 11 is 0. The third-order valence-corrected chi connectivity index (χ3v) is 4.03. The second-order valence-corrected chi connectivity index (χ2v) is 5.63. The van der Waals surface area contributed by atoms with Crippen molar-refractivity contribution in [3.05, 3.63) is 24.0 Å². The van der Waals surface area contributed by atoms with Crippen LogP contribution in [-0.4, -0.2) is 34.7 Å². The van der Waals surface area contributed by atoms with Crippen molar-refractivity contribution >= 4 is 17.5 Å². The van der Waals surface area contributed by atoms with Crippen LogP contribution in [0.1, 0.15) is 30.8 Å². The van der Waals surface area contributed by atoms with Crippen molar-refractivity contribution < 1.29 is 27.5 Å². The number of nitrogens with one attached hydrogen (secondary N) is 1. The van der Waals surface area contributed by atoms with E-state index in [0.29, 0.717) is 0 Å². The van der Waals surface area contributed by atoms with Crippen molar-refractivity contribution in [1.82, 2.24) is 4.98 Å². The lowest BCUT2D eigenvalue weighted by molar-refractivity contribution is -0.272. The Bertz CT molecular complexity index is 635. The molecular weight excluding hydrogens is 315 g/mol. The fraction of sp³-hybridized carbons (Fsp3) is 0.500. The molecule has 2 rings (SSSR count). The van der Waals surface area contributed by atoms with Crippen LogP contribution < -0.4 is 11.1 Å². The van der Waals surface area contributed by atoms with E-state index in [9.17, 15) is 22.8 Å². The fourth-order valence-electron chi connectivity index (χ4n) is 2.38. The average Bonchev–Trinajstić information content (AvgIpc) is 2.76. The van der Waals surface area contributed by atoms with E-state index < -0.39 is 35.6 Å². The Labute approximate surface area is 130 Å². The zero-order valence-corrected chi connectivity index (χ0v) is 12.5. The highest BCUT2D eigenvalue weighted by atomic mass is 19.4. The van der Waals surface area contributed by atoms with Crippen molar-refractivity contribution in [2.24, 2.45) is 11.7 Å². The maximum absolute atomic E-state index is 13.1. The molecule has 0 bridgehead atoms. The first-order valence-electron chi connectivity index (χ1n) is 6.86. The number of aromatic nitrogens is 1. The first kappa shape index (κ1) is 17.2. The Balaban J connectivity index is 2.11. The first-order valence-corrected chi connectivity index (χ1v) is 6.86. The molecule has 2 heterocycles. The highest BCUT2D eigenvalue weighted by Gasteiger charge is 2.61. The van der Waals surface area contributed by atoms with Gasteiger partial charge in [0.1, 0.15) is 11.8 Å². The van der Waals surface area contributed by atoms with E-state index in [1.165, 1.54) is 25.3 Å². The molecular formula is C14H16F3N3O3. The van der Waals surface area contributed by atoms with Crippen LogP contribution in [0.3, 0.4) is 0 Å². The van der Waals surface area contributed by atoms with Gasteiger partial charge in [0, 0.05) is 11.9 Å². The number of ether oxygens (including phenoxy) is 1. The molecule has 1 unspecified atom stereocenters. The molecule has 9 heteroatoms. The molecule has 23 heavy (non-hydrogen) atoms.